The van der Waals surface area contributed by atoms with Gasteiger partial charge in [-0.2, -0.15) is 0 Å². The Morgan fingerprint density at radius 2 is 1.71 bits per heavy atom. The molecule has 0 bridgehead atoms. The molecular formula is C23H24ClNO3. The topological polar surface area (TPSA) is 42.7 Å². The molecule has 0 spiro atoms. The van der Waals surface area contributed by atoms with Gasteiger partial charge in [-0.3, -0.25) is 4.79 Å². The number of hydrogen-bond acceptors (Lipinski definition) is 3. The number of carbonyl (C=O) groups is 1. The van der Waals surface area contributed by atoms with Crippen LogP contribution in [-0.2, 0) is 17.9 Å². The number of nitrogens with zero attached hydrogens (tertiary/aromatic N) is 1. The van der Waals surface area contributed by atoms with Gasteiger partial charge in [0, 0.05) is 11.6 Å². The molecular weight excluding hydrogens is 374 g/mol. The minimum absolute atomic E-state index is 0.0287. The SMILES string of the molecule is Cc1cc(C)c(OCC(=O)N(Cc2ccc(Cl)cc2)Cc2ccco2)c(C)c1. The minimum atomic E-state index is -0.106. The lowest BCUT2D eigenvalue weighted by atomic mass is 10.1. The van der Waals surface area contributed by atoms with Gasteiger partial charge in [0.15, 0.2) is 6.61 Å². The van der Waals surface area contributed by atoms with Gasteiger partial charge in [0.05, 0.1) is 12.8 Å². The van der Waals surface area contributed by atoms with E-state index in [4.69, 9.17) is 20.8 Å². The highest BCUT2D eigenvalue weighted by atomic mass is 35.5. The largest absolute Gasteiger partial charge is 0.483 e. The molecule has 146 valence electrons. The second-order valence-corrected chi connectivity index (χ2v) is 7.41. The molecule has 0 aliphatic heterocycles. The predicted molar refractivity (Wildman–Crippen MR) is 111 cm³/mol. The van der Waals surface area contributed by atoms with Gasteiger partial charge in [0.2, 0.25) is 0 Å². The number of carbonyl (C=O) groups excluding carboxylic acids is 1. The van der Waals surface area contributed by atoms with Crippen LogP contribution in [0.1, 0.15) is 28.0 Å². The summed E-state index contributed by atoms with van der Waals surface area (Å²) in [7, 11) is 0. The molecule has 4 nitrogen and oxygen atoms in total. The maximum absolute atomic E-state index is 12.9. The Hall–Kier alpha value is -2.72. The van der Waals surface area contributed by atoms with Crippen LogP contribution in [0.4, 0.5) is 0 Å². The van der Waals surface area contributed by atoms with Crippen LogP contribution in [0.5, 0.6) is 5.75 Å². The van der Waals surface area contributed by atoms with Crippen LogP contribution in [0.3, 0.4) is 0 Å². The molecule has 1 heterocycles. The minimum Gasteiger partial charge on any atom is -0.483 e. The number of ether oxygens (including phenoxy) is 1. The average Bonchev–Trinajstić information content (AvgIpc) is 3.15. The number of furan rings is 1. The first-order valence-electron chi connectivity index (χ1n) is 9.17. The van der Waals surface area contributed by atoms with Crippen molar-refractivity contribution >= 4 is 17.5 Å². The summed E-state index contributed by atoms with van der Waals surface area (Å²) < 4.78 is 11.3. The first-order chi connectivity index (χ1) is 13.4. The van der Waals surface area contributed by atoms with Gasteiger partial charge >= 0.3 is 0 Å². The number of benzene rings is 2. The summed E-state index contributed by atoms with van der Waals surface area (Å²) in [6.07, 6.45) is 1.61. The van der Waals surface area contributed by atoms with Gasteiger partial charge in [-0.25, -0.2) is 0 Å². The van der Waals surface area contributed by atoms with E-state index in [0.717, 1.165) is 28.2 Å². The zero-order valence-corrected chi connectivity index (χ0v) is 17.1. The summed E-state index contributed by atoms with van der Waals surface area (Å²) in [4.78, 5) is 14.7. The summed E-state index contributed by atoms with van der Waals surface area (Å²) >= 11 is 5.97. The third kappa shape index (κ3) is 5.17. The standard InChI is InChI=1S/C23H24ClNO3/c1-16-11-17(2)23(18(3)12-16)28-15-22(26)25(14-21-5-4-10-27-21)13-19-6-8-20(24)9-7-19/h4-12H,13-15H2,1-3H3. The van der Waals surface area contributed by atoms with Gasteiger partial charge in [-0.05, 0) is 61.7 Å². The van der Waals surface area contributed by atoms with Crippen molar-refractivity contribution in [1.29, 1.82) is 0 Å². The summed E-state index contributed by atoms with van der Waals surface area (Å²) in [5, 5.41) is 0.668. The number of amides is 1. The van der Waals surface area contributed by atoms with E-state index in [1.807, 2.05) is 57.2 Å². The van der Waals surface area contributed by atoms with Crippen LogP contribution >= 0.6 is 11.6 Å². The first-order valence-corrected chi connectivity index (χ1v) is 9.55. The van der Waals surface area contributed by atoms with E-state index in [1.54, 1.807) is 11.2 Å². The second-order valence-electron chi connectivity index (χ2n) is 6.97. The summed E-state index contributed by atoms with van der Waals surface area (Å²) in [5.41, 5.74) is 4.23. The van der Waals surface area contributed by atoms with E-state index in [9.17, 15) is 4.79 Å². The number of hydrogen-bond donors (Lipinski definition) is 0. The Labute approximate surface area is 170 Å². The van der Waals surface area contributed by atoms with Crippen molar-refractivity contribution in [2.75, 3.05) is 6.61 Å². The van der Waals surface area contributed by atoms with Crippen LogP contribution < -0.4 is 4.74 Å². The zero-order valence-electron chi connectivity index (χ0n) is 16.4. The predicted octanol–water partition coefficient (Wildman–Crippen LogP) is 5.47. The molecule has 0 fully saturated rings. The van der Waals surface area contributed by atoms with Crippen molar-refractivity contribution in [2.45, 2.75) is 33.9 Å². The van der Waals surface area contributed by atoms with Crippen LogP contribution in [0.15, 0.2) is 59.2 Å². The number of halogens is 1. The van der Waals surface area contributed by atoms with Crippen LogP contribution in [0.25, 0.3) is 0 Å². The maximum Gasteiger partial charge on any atom is 0.261 e. The summed E-state index contributed by atoms with van der Waals surface area (Å²) in [6, 6.07) is 15.3. The van der Waals surface area contributed by atoms with Crippen molar-refractivity contribution in [3.8, 4) is 5.75 Å². The number of rotatable bonds is 7. The lowest BCUT2D eigenvalue weighted by molar-refractivity contribution is -0.134. The third-order valence-electron chi connectivity index (χ3n) is 4.51. The fourth-order valence-electron chi connectivity index (χ4n) is 3.25. The normalized spacial score (nSPS) is 10.7. The monoisotopic (exact) mass is 397 g/mol. The molecule has 0 aliphatic rings. The summed E-state index contributed by atoms with van der Waals surface area (Å²) in [5.74, 6) is 1.39. The van der Waals surface area contributed by atoms with Crippen molar-refractivity contribution in [3.63, 3.8) is 0 Å². The Balaban J connectivity index is 1.73. The quantitative estimate of drug-likeness (QED) is 0.531. The highest BCUT2D eigenvalue weighted by Crippen LogP contribution is 2.24. The molecule has 3 aromatic rings. The molecule has 0 radical (unpaired) electrons. The molecule has 0 saturated heterocycles. The highest BCUT2D eigenvalue weighted by molar-refractivity contribution is 6.30. The van der Waals surface area contributed by atoms with Crippen molar-refractivity contribution in [2.24, 2.45) is 0 Å². The number of aryl methyl sites for hydroxylation is 3. The Kier molecular flexibility index (Phi) is 6.42. The molecule has 0 unspecified atom stereocenters. The van der Waals surface area contributed by atoms with Gasteiger partial charge in [0.25, 0.3) is 5.91 Å². The fraction of sp³-hybridized carbons (Fsp3) is 0.261. The van der Waals surface area contributed by atoms with Gasteiger partial charge in [-0.15, -0.1) is 0 Å². The van der Waals surface area contributed by atoms with E-state index in [2.05, 4.69) is 12.1 Å². The lowest BCUT2D eigenvalue weighted by Crippen LogP contribution is -2.34. The molecule has 3 rings (SSSR count). The van der Waals surface area contributed by atoms with Crippen molar-refractivity contribution in [3.05, 3.63) is 87.8 Å². The fourth-order valence-corrected chi connectivity index (χ4v) is 3.38. The van der Waals surface area contributed by atoms with E-state index < -0.39 is 0 Å². The molecule has 1 amide bonds. The smallest absolute Gasteiger partial charge is 0.261 e. The van der Waals surface area contributed by atoms with E-state index >= 15 is 0 Å². The van der Waals surface area contributed by atoms with Crippen LogP contribution in [-0.4, -0.2) is 17.4 Å². The average molecular weight is 398 g/mol. The summed E-state index contributed by atoms with van der Waals surface area (Å²) in [6.45, 7) is 6.84. The lowest BCUT2D eigenvalue weighted by Gasteiger charge is -2.23. The van der Waals surface area contributed by atoms with Crippen LogP contribution in [0.2, 0.25) is 5.02 Å². The Bertz CT molecular complexity index is 910. The maximum atomic E-state index is 12.9. The van der Waals surface area contributed by atoms with Crippen molar-refractivity contribution in [1.82, 2.24) is 4.90 Å². The van der Waals surface area contributed by atoms with Gasteiger partial charge in [0.1, 0.15) is 11.5 Å². The molecule has 0 aliphatic carbocycles. The molecule has 0 saturated carbocycles. The van der Waals surface area contributed by atoms with E-state index in [1.165, 1.54) is 5.56 Å². The molecule has 0 N–H and O–H groups in total. The second kappa shape index (κ2) is 8.98. The molecule has 2 aromatic carbocycles. The van der Waals surface area contributed by atoms with E-state index in [-0.39, 0.29) is 12.5 Å². The van der Waals surface area contributed by atoms with Crippen LogP contribution in [0, 0.1) is 20.8 Å². The first kappa shape index (κ1) is 20.0. The molecule has 28 heavy (non-hydrogen) atoms. The zero-order chi connectivity index (χ0) is 20.1. The molecule has 1 aromatic heterocycles. The van der Waals surface area contributed by atoms with Crippen molar-refractivity contribution < 1.29 is 13.9 Å². The Morgan fingerprint density at radius 1 is 1.04 bits per heavy atom. The third-order valence-corrected chi connectivity index (χ3v) is 4.76. The van der Waals surface area contributed by atoms with E-state index in [0.29, 0.717) is 18.1 Å². The highest BCUT2D eigenvalue weighted by Gasteiger charge is 2.18. The van der Waals surface area contributed by atoms with Gasteiger partial charge in [-0.1, -0.05) is 41.4 Å². The Morgan fingerprint density at radius 3 is 2.32 bits per heavy atom. The molecule has 0 atom stereocenters. The van der Waals surface area contributed by atoms with Gasteiger partial charge < -0.3 is 14.1 Å². The molecule has 5 heteroatoms.